The number of aryl methyl sites for hydroxylation is 1. The lowest BCUT2D eigenvalue weighted by Gasteiger charge is -2.34. The minimum atomic E-state index is -0.192. The van der Waals surface area contributed by atoms with E-state index in [0.717, 1.165) is 41.5 Å². The van der Waals surface area contributed by atoms with Crippen molar-refractivity contribution in [1.82, 2.24) is 25.0 Å². The Hall–Kier alpha value is -2.97. The zero-order chi connectivity index (χ0) is 20.0. The molecule has 1 saturated heterocycles. The molecule has 1 N–H and O–H groups in total. The molecule has 0 spiro atoms. The van der Waals surface area contributed by atoms with Gasteiger partial charge in [-0.1, -0.05) is 13.3 Å². The highest BCUT2D eigenvalue weighted by Crippen LogP contribution is 2.43. The summed E-state index contributed by atoms with van der Waals surface area (Å²) in [5.74, 6) is 0.922. The highest BCUT2D eigenvalue weighted by atomic mass is 16.5. The summed E-state index contributed by atoms with van der Waals surface area (Å²) in [5, 5.41) is 17.5. The van der Waals surface area contributed by atoms with E-state index >= 15 is 0 Å². The number of hydrogen-bond acceptors (Lipinski definition) is 8. The number of cyclic esters (lactones) is 1. The van der Waals surface area contributed by atoms with Gasteiger partial charge in [0.05, 0.1) is 35.9 Å². The molecule has 3 aromatic rings. The summed E-state index contributed by atoms with van der Waals surface area (Å²) in [4.78, 5) is 16.4. The average molecular weight is 396 g/mol. The molecule has 9 nitrogen and oxygen atoms in total. The van der Waals surface area contributed by atoms with E-state index in [4.69, 9.17) is 9.15 Å². The summed E-state index contributed by atoms with van der Waals surface area (Å²) in [7, 11) is 0. The van der Waals surface area contributed by atoms with E-state index in [1.807, 2.05) is 11.6 Å². The molecule has 0 radical (unpaired) electrons. The highest BCUT2D eigenvalue weighted by molar-refractivity contribution is 5.96. The van der Waals surface area contributed by atoms with Crippen LogP contribution in [0, 0.1) is 0 Å². The van der Waals surface area contributed by atoms with Crippen molar-refractivity contribution in [3.05, 3.63) is 18.3 Å². The van der Waals surface area contributed by atoms with Crippen LogP contribution < -0.4 is 5.32 Å². The molecule has 152 valence electrons. The fourth-order valence-corrected chi connectivity index (χ4v) is 4.08. The number of fused-ring (bicyclic) bond motifs is 1. The van der Waals surface area contributed by atoms with Crippen molar-refractivity contribution >= 4 is 22.7 Å². The molecule has 29 heavy (non-hydrogen) atoms. The number of pyridine rings is 1. The van der Waals surface area contributed by atoms with Crippen LogP contribution in [0.2, 0.25) is 0 Å². The SMILES string of the molecule is CCn1ncc2c(NC3CCOC(=O)C3)c(-c3nnc(C4(C)CCC4)o3)cnc21. The second-order valence-electron chi connectivity index (χ2n) is 8.13. The first kappa shape index (κ1) is 18.1. The summed E-state index contributed by atoms with van der Waals surface area (Å²) >= 11 is 0. The monoisotopic (exact) mass is 396 g/mol. The maximum absolute atomic E-state index is 11.8. The molecule has 2 fully saturated rings. The number of nitrogens with zero attached hydrogens (tertiary/aromatic N) is 5. The average Bonchev–Trinajstić information content (AvgIpc) is 3.34. The van der Waals surface area contributed by atoms with Crippen molar-refractivity contribution in [2.24, 2.45) is 0 Å². The fourth-order valence-electron chi connectivity index (χ4n) is 4.08. The smallest absolute Gasteiger partial charge is 0.307 e. The lowest BCUT2D eigenvalue weighted by Crippen LogP contribution is -2.31. The molecule has 0 amide bonds. The lowest BCUT2D eigenvalue weighted by atomic mass is 9.70. The van der Waals surface area contributed by atoms with Crippen LogP contribution in [-0.4, -0.2) is 43.6 Å². The first-order chi connectivity index (χ1) is 14.1. The number of anilines is 1. The van der Waals surface area contributed by atoms with Crippen molar-refractivity contribution in [3.8, 4) is 11.5 Å². The van der Waals surface area contributed by atoms with Crippen LogP contribution in [0.3, 0.4) is 0 Å². The van der Waals surface area contributed by atoms with Gasteiger partial charge >= 0.3 is 5.97 Å². The molecule has 1 atom stereocenters. The highest BCUT2D eigenvalue weighted by Gasteiger charge is 2.39. The molecule has 0 bridgehead atoms. The Morgan fingerprint density at radius 3 is 2.90 bits per heavy atom. The first-order valence-electron chi connectivity index (χ1n) is 10.2. The summed E-state index contributed by atoms with van der Waals surface area (Å²) in [6, 6.07) is -0.0304. The molecule has 1 aliphatic heterocycles. The maximum Gasteiger partial charge on any atom is 0.307 e. The van der Waals surface area contributed by atoms with Crippen LogP contribution in [0.25, 0.3) is 22.5 Å². The fraction of sp³-hybridized carbons (Fsp3) is 0.550. The predicted molar refractivity (Wildman–Crippen MR) is 105 cm³/mol. The molecular weight excluding hydrogens is 372 g/mol. The van der Waals surface area contributed by atoms with Crippen LogP contribution in [0.4, 0.5) is 5.69 Å². The van der Waals surface area contributed by atoms with Gasteiger partial charge < -0.3 is 14.5 Å². The molecule has 1 aliphatic carbocycles. The van der Waals surface area contributed by atoms with Gasteiger partial charge in [-0.15, -0.1) is 10.2 Å². The van der Waals surface area contributed by atoms with Crippen molar-refractivity contribution < 1.29 is 13.9 Å². The molecule has 4 heterocycles. The second kappa shape index (κ2) is 6.82. The van der Waals surface area contributed by atoms with E-state index in [0.29, 0.717) is 31.4 Å². The molecule has 1 unspecified atom stereocenters. The largest absolute Gasteiger partial charge is 0.466 e. The number of rotatable bonds is 5. The summed E-state index contributed by atoms with van der Waals surface area (Å²) in [6.45, 7) is 5.31. The van der Waals surface area contributed by atoms with Crippen LogP contribution in [0.15, 0.2) is 16.8 Å². The number of esters is 1. The second-order valence-corrected chi connectivity index (χ2v) is 8.13. The van der Waals surface area contributed by atoms with Gasteiger partial charge in [0.15, 0.2) is 5.65 Å². The van der Waals surface area contributed by atoms with Crippen molar-refractivity contribution in [2.45, 2.75) is 64.0 Å². The van der Waals surface area contributed by atoms with Gasteiger partial charge in [-0.25, -0.2) is 9.67 Å². The number of hydrogen-bond donors (Lipinski definition) is 1. The van der Waals surface area contributed by atoms with E-state index in [1.165, 1.54) is 6.42 Å². The molecule has 3 aromatic heterocycles. The van der Waals surface area contributed by atoms with Gasteiger partial charge in [-0.2, -0.15) is 5.10 Å². The van der Waals surface area contributed by atoms with Gasteiger partial charge in [0, 0.05) is 30.6 Å². The molecule has 0 aromatic carbocycles. The molecular formula is C20H24N6O3. The number of nitrogens with one attached hydrogen (secondary N) is 1. The zero-order valence-electron chi connectivity index (χ0n) is 16.6. The number of carbonyl (C=O) groups excluding carboxylic acids is 1. The van der Waals surface area contributed by atoms with E-state index < -0.39 is 0 Å². The minimum Gasteiger partial charge on any atom is -0.466 e. The zero-order valence-corrected chi connectivity index (χ0v) is 16.6. The Morgan fingerprint density at radius 2 is 2.17 bits per heavy atom. The summed E-state index contributed by atoms with van der Waals surface area (Å²) in [6.07, 6.45) is 7.91. The van der Waals surface area contributed by atoms with Crippen molar-refractivity contribution in [2.75, 3.05) is 11.9 Å². The van der Waals surface area contributed by atoms with E-state index in [2.05, 4.69) is 32.5 Å². The van der Waals surface area contributed by atoms with Gasteiger partial charge in [-0.05, 0) is 19.8 Å². The molecule has 2 aliphatic rings. The number of aromatic nitrogens is 5. The molecule has 9 heteroatoms. The first-order valence-corrected chi connectivity index (χ1v) is 10.2. The van der Waals surface area contributed by atoms with Gasteiger partial charge in [0.25, 0.3) is 5.89 Å². The summed E-state index contributed by atoms with van der Waals surface area (Å²) in [5.41, 5.74) is 2.30. The van der Waals surface area contributed by atoms with Crippen LogP contribution in [-0.2, 0) is 21.5 Å². The quantitative estimate of drug-likeness (QED) is 0.656. The third-order valence-electron chi connectivity index (χ3n) is 6.09. The predicted octanol–water partition coefficient (Wildman–Crippen LogP) is 3.06. The van der Waals surface area contributed by atoms with Crippen molar-refractivity contribution in [3.63, 3.8) is 0 Å². The van der Waals surface area contributed by atoms with E-state index in [-0.39, 0.29) is 17.4 Å². The van der Waals surface area contributed by atoms with Crippen LogP contribution >= 0.6 is 0 Å². The maximum atomic E-state index is 11.8. The minimum absolute atomic E-state index is 0.0304. The topological polar surface area (TPSA) is 108 Å². The van der Waals surface area contributed by atoms with Crippen molar-refractivity contribution in [1.29, 1.82) is 0 Å². The molecule has 5 rings (SSSR count). The lowest BCUT2D eigenvalue weighted by molar-refractivity contribution is -0.147. The Kier molecular flexibility index (Phi) is 4.25. The third-order valence-corrected chi connectivity index (χ3v) is 6.09. The Bertz CT molecular complexity index is 1070. The Morgan fingerprint density at radius 1 is 1.31 bits per heavy atom. The van der Waals surface area contributed by atoms with Crippen LogP contribution in [0.1, 0.15) is 51.8 Å². The van der Waals surface area contributed by atoms with E-state index in [1.54, 1.807) is 12.4 Å². The number of ether oxygens (including phenoxy) is 1. The number of carbonyl (C=O) groups is 1. The molecule has 1 saturated carbocycles. The normalized spacial score (nSPS) is 21.0. The van der Waals surface area contributed by atoms with E-state index in [9.17, 15) is 4.79 Å². The Labute approximate surface area is 167 Å². The van der Waals surface area contributed by atoms with Gasteiger partial charge in [0.1, 0.15) is 0 Å². The third kappa shape index (κ3) is 3.04. The summed E-state index contributed by atoms with van der Waals surface area (Å²) < 4.78 is 13.0. The van der Waals surface area contributed by atoms with Gasteiger partial charge in [-0.3, -0.25) is 4.79 Å². The van der Waals surface area contributed by atoms with Crippen LogP contribution in [0.5, 0.6) is 0 Å². The van der Waals surface area contributed by atoms with Gasteiger partial charge in [0.2, 0.25) is 5.89 Å². The standard InChI is InChI=1S/C20H24N6O3/c1-3-26-17-13(11-22-26)16(23-12-5-8-28-15(27)9-12)14(10-21-17)18-24-25-19(29-18)20(2)6-4-7-20/h10-12H,3-9H2,1-2H3,(H,21,23). The Balaban J connectivity index is 1.58.